The molecule has 0 amide bonds. The molecular formula is C10H8FN3OS. The Balaban J connectivity index is 2.34. The van der Waals surface area contributed by atoms with E-state index >= 15 is 0 Å². The zero-order valence-electron chi connectivity index (χ0n) is 8.42. The van der Waals surface area contributed by atoms with Crippen molar-refractivity contribution in [3.05, 3.63) is 35.9 Å². The Labute approximate surface area is 95.5 Å². The Kier molecular flexibility index (Phi) is 3.00. The van der Waals surface area contributed by atoms with Crippen LogP contribution >= 0.6 is 11.8 Å². The lowest BCUT2D eigenvalue weighted by Gasteiger charge is -2.03. The standard InChI is InChI=1S/C10H8FN3OS/c1-14-6-12-13-10(14)16-9-3-2-8(11)4-7(9)5-15/h2-6H,1H3. The van der Waals surface area contributed by atoms with Gasteiger partial charge >= 0.3 is 0 Å². The Morgan fingerprint density at radius 2 is 2.31 bits per heavy atom. The first kappa shape index (κ1) is 10.8. The maximum absolute atomic E-state index is 12.9. The molecule has 0 N–H and O–H groups in total. The minimum Gasteiger partial charge on any atom is -0.311 e. The van der Waals surface area contributed by atoms with E-state index in [2.05, 4.69) is 10.2 Å². The average Bonchev–Trinajstić information content (AvgIpc) is 2.67. The molecule has 0 atom stereocenters. The summed E-state index contributed by atoms with van der Waals surface area (Å²) in [6.07, 6.45) is 2.19. The van der Waals surface area contributed by atoms with Crippen molar-refractivity contribution in [2.45, 2.75) is 10.1 Å². The molecule has 0 aliphatic carbocycles. The molecule has 0 unspecified atom stereocenters. The van der Waals surface area contributed by atoms with E-state index in [4.69, 9.17) is 0 Å². The van der Waals surface area contributed by atoms with Gasteiger partial charge in [-0.05, 0) is 30.0 Å². The molecule has 0 aliphatic rings. The summed E-state index contributed by atoms with van der Waals surface area (Å²) in [4.78, 5) is 11.4. The second kappa shape index (κ2) is 4.44. The fourth-order valence-corrected chi connectivity index (χ4v) is 2.00. The molecule has 2 rings (SSSR count). The molecule has 1 aromatic carbocycles. The molecule has 0 radical (unpaired) electrons. The van der Waals surface area contributed by atoms with Gasteiger partial charge in [-0.15, -0.1) is 10.2 Å². The van der Waals surface area contributed by atoms with E-state index < -0.39 is 5.82 Å². The number of aromatic nitrogens is 3. The first-order valence-corrected chi connectivity index (χ1v) is 5.29. The molecule has 82 valence electrons. The lowest BCUT2D eigenvalue weighted by Crippen LogP contribution is -1.92. The van der Waals surface area contributed by atoms with E-state index in [0.29, 0.717) is 21.9 Å². The maximum Gasteiger partial charge on any atom is 0.195 e. The van der Waals surface area contributed by atoms with E-state index in [0.717, 1.165) is 0 Å². The van der Waals surface area contributed by atoms with Gasteiger partial charge in [0.2, 0.25) is 0 Å². The van der Waals surface area contributed by atoms with Gasteiger partial charge in [0, 0.05) is 17.5 Å². The minimum atomic E-state index is -0.426. The van der Waals surface area contributed by atoms with Crippen molar-refractivity contribution >= 4 is 18.0 Å². The summed E-state index contributed by atoms with van der Waals surface area (Å²) in [5.41, 5.74) is 0.313. The van der Waals surface area contributed by atoms with E-state index in [-0.39, 0.29) is 0 Å². The molecule has 0 spiro atoms. The van der Waals surface area contributed by atoms with E-state index in [1.54, 1.807) is 24.0 Å². The fourth-order valence-electron chi connectivity index (χ4n) is 1.17. The molecular weight excluding hydrogens is 229 g/mol. The molecule has 0 saturated heterocycles. The maximum atomic E-state index is 12.9. The van der Waals surface area contributed by atoms with Gasteiger partial charge in [0.05, 0.1) is 0 Å². The number of hydrogen-bond acceptors (Lipinski definition) is 4. The van der Waals surface area contributed by atoms with Crippen LogP contribution in [0.3, 0.4) is 0 Å². The number of carbonyl (C=O) groups is 1. The molecule has 0 aliphatic heterocycles. The zero-order valence-corrected chi connectivity index (χ0v) is 9.24. The lowest BCUT2D eigenvalue weighted by molar-refractivity contribution is 0.112. The smallest absolute Gasteiger partial charge is 0.195 e. The van der Waals surface area contributed by atoms with Crippen molar-refractivity contribution in [2.24, 2.45) is 7.05 Å². The number of aryl methyl sites for hydroxylation is 1. The van der Waals surface area contributed by atoms with Crippen LogP contribution in [0.25, 0.3) is 0 Å². The molecule has 0 saturated carbocycles. The molecule has 0 bridgehead atoms. The summed E-state index contributed by atoms with van der Waals surface area (Å²) in [5, 5.41) is 8.24. The third-order valence-corrected chi connectivity index (χ3v) is 3.11. The van der Waals surface area contributed by atoms with Gasteiger partial charge in [-0.3, -0.25) is 4.79 Å². The van der Waals surface area contributed by atoms with Gasteiger partial charge in [0.25, 0.3) is 0 Å². The minimum absolute atomic E-state index is 0.313. The SMILES string of the molecule is Cn1cnnc1Sc1ccc(F)cc1C=O. The highest BCUT2D eigenvalue weighted by Gasteiger charge is 2.08. The van der Waals surface area contributed by atoms with Crippen LogP contribution in [-0.2, 0) is 7.05 Å². The van der Waals surface area contributed by atoms with Crippen LogP contribution in [0.2, 0.25) is 0 Å². The van der Waals surface area contributed by atoms with Crippen LogP contribution in [0.5, 0.6) is 0 Å². The number of halogens is 1. The summed E-state index contributed by atoms with van der Waals surface area (Å²) >= 11 is 1.27. The summed E-state index contributed by atoms with van der Waals surface area (Å²) in [5.74, 6) is -0.426. The van der Waals surface area contributed by atoms with Gasteiger partial charge in [0.15, 0.2) is 11.4 Å². The predicted molar refractivity (Wildman–Crippen MR) is 56.9 cm³/mol. The lowest BCUT2D eigenvalue weighted by atomic mass is 10.2. The van der Waals surface area contributed by atoms with Crippen molar-refractivity contribution in [3.8, 4) is 0 Å². The Bertz CT molecular complexity index is 527. The molecule has 4 nitrogen and oxygen atoms in total. The Morgan fingerprint density at radius 3 is 2.94 bits per heavy atom. The molecule has 1 aromatic heterocycles. The monoisotopic (exact) mass is 237 g/mol. The second-order valence-corrected chi connectivity index (χ2v) is 4.14. The summed E-state index contributed by atoms with van der Waals surface area (Å²) in [7, 11) is 1.80. The highest BCUT2D eigenvalue weighted by atomic mass is 32.2. The molecule has 2 aromatic rings. The molecule has 6 heteroatoms. The van der Waals surface area contributed by atoms with Crippen LogP contribution in [0, 0.1) is 5.82 Å². The quantitative estimate of drug-likeness (QED) is 0.765. The van der Waals surface area contributed by atoms with Gasteiger partial charge in [-0.1, -0.05) is 0 Å². The van der Waals surface area contributed by atoms with Crippen LogP contribution in [0.15, 0.2) is 34.6 Å². The van der Waals surface area contributed by atoms with Gasteiger partial charge in [-0.25, -0.2) is 4.39 Å². The summed E-state index contributed by atoms with van der Waals surface area (Å²) in [6, 6.07) is 4.07. The van der Waals surface area contributed by atoms with Crippen molar-refractivity contribution in [1.29, 1.82) is 0 Å². The molecule has 16 heavy (non-hydrogen) atoms. The van der Waals surface area contributed by atoms with Crippen molar-refractivity contribution in [1.82, 2.24) is 14.8 Å². The number of carbonyl (C=O) groups excluding carboxylic acids is 1. The first-order chi connectivity index (χ1) is 7.70. The molecule has 1 heterocycles. The van der Waals surface area contributed by atoms with Gasteiger partial charge < -0.3 is 4.57 Å². The number of rotatable bonds is 3. The number of benzene rings is 1. The number of nitrogens with zero attached hydrogens (tertiary/aromatic N) is 3. The number of hydrogen-bond donors (Lipinski definition) is 0. The summed E-state index contributed by atoms with van der Waals surface area (Å²) < 4.78 is 14.6. The largest absolute Gasteiger partial charge is 0.311 e. The van der Waals surface area contributed by atoms with Crippen LogP contribution in [-0.4, -0.2) is 21.1 Å². The first-order valence-electron chi connectivity index (χ1n) is 4.47. The molecule has 0 fully saturated rings. The summed E-state index contributed by atoms with van der Waals surface area (Å²) in [6.45, 7) is 0. The van der Waals surface area contributed by atoms with Crippen molar-refractivity contribution in [2.75, 3.05) is 0 Å². The highest BCUT2D eigenvalue weighted by Crippen LogP contribution is 2.28. The topological polar surface area (TPSA) is 47.8 Å². The van der Waals surface area contributed by atoms with E-state index in [9.17, 15) is 9.18 Å². The van der Waals surface area contributed by atoms with Crippen LogP contribution in [0.1, 0.15) is 10.4 Å². The van der Waals surface area contributed by atoms with Crippen molar-refractivity contribution < 1.29 is 9.18 Å². The van der Waals surface area contributed by atoms with Crippen LogP contribution in [0.4, 0.5) is 4.39 Å². The predicted octanol–water partition coefficient (Wildman–Crippen LogP) is 1.92. The third kappa shape index (κ3) is 2.11. The highest BCUT2D eigenvalue weighted by molar-refractivity contribution is 7.99. The number of aldehydes is 1. The second-order valence-electron chi connectivity index (χ2n) is 3.13. The van der Waals surface area contributed by atoms with E-state index in [1.807, 2.05) is 0 Å². The van der Waals surface area contributed by atoms with Crippen LogP contribution < -0.4 is 0 Å². The Hall–Kier alpha value is -1.69. The van der Waals surface area contributed by atoms with Gasteiger partial charge in [0.1, 0.15) is 12.1 Å². The third-order valence-electron chi connectivity index (χ3n) is 1.97. The Morgan fingerprint density at radius 1 is 1.50 bits per heavy atom. The zero-order chi connectivity index (χ0) is 11.5. The average molecular weight is 237 g/mol. The normalized spacial score (nSPS) is 10.4. The fraction of sp³-hybridized carbons (Fsp3) is 0.100. The van der Waals surface area contributed by atoms with E-state index in [1.165, 1.54) is 23.9 Å². The van der Waals surface area contributed by atoms with Crippen molar-refractivity contribution in [3.63, 3.8) is 0 Å². The van der Waals surface area contributed by atoms with Gasteiger partial charge in [-0.2, -0.15) is 0 Å².